The first-order valence-corrected chi connectivity index (χ1v) is 13.5. The molecule has 0 saturated carbocycles. The van der Waals surface area contributed by atoms with Gasteiger partial charge in [-0.15, -0.1) is 0 Å². The lowest BCUT2D eigenvalue weighted by Gasteiger charge is -2.35. The second kappa shape index (κ2) is 9.93. The predicted molar refractivity (Wildman–Crippen MR) is 141 cm³/mol. The summed E-state index contributed by atoms with van der Waals surface area (Å²) in [6.07, 6.45) is 4.70. The minimum Gasteiger partial charge on any atom is -0.381 e. The standard InChI is InChI=1S/C28H33F3N6O2/c1-32-27(38)35-9-5-24-22(16-35)26(17-37(24)20-6-10-39-11-7-20)36-8-3-4-18-12-21(19-14-33-34(2)15-19)23(13-25(18)36)28(29,30)31/h12-15,17,20H,3-11,16H2,1-2H3,(H,32,38). The fourth-order valence-corrected chi connectivity index (χ4v) is 6.32. The zero-order valence-electron chi connectivity index (χ0n) is 22.2. The summed E-state index contributed by atoms with van der Waals surface area (Å²) in [6.45, 7) is 3.02. The lowest BCUT2D eigenvalue weighted by molar-refractivity contribution is -0.137. The van der Waals surface area contributed by atoms with Crippen molar-refractivity contribution in [1.82, 2.24) is 24.6 Å². The Kier molecular flexibility index (Phi) is 6.57. The molecule has 208 valence electrons. The number of nitrogens with one attached hydrogen (secondary N) is 1. The molecule has 3 aromatic rings. The van der Waals surface area contributed by atoms with Gasteiger partial charge < -0.3 is 24.4 Å². The Labute approximate surface area is 225 Å². The van der Waals surface area contributed by atoms with Gasteiger partial charge in [0.15, 0.2) is 0 Å². The molecule has 0 unspecified atom stereocenters. The number of alkyl halides is 3. The van der Waals surface area contributed by atoms with E-state index in [9.17, 15) is 18.0 Å². The molecule has 1 saturated heterocycles. The van der Waals surface area contributed by atoms with E-state index in [-0.39, 0.29) is 17.6 Å². The Bertz CT molecular complexity index is 1390. The Morgan fingerprint density at radius 2 is 1.90 bits per heavy atom. The zero-order chi connectivity index (χ0) is 27.3. The number of nitrogens with zero attached hydrogens (tertiary/aromatic N) is 5. The molecule has 5 heterocycles. The molecule has 1 N–H and O–H groups in total. The van der Waals surface area contributed by atoms with Crippen molar-refractivity contribution in [2.45, 2.75) is 50.9 Å². The summed E-state index contributed by atoms with van der Waals surface area (Å²) in [7, 11) is 3.32. The highest BCUT2D eigenvalue weighted by Gasteiger charge is 2.38. The number of urea groups is 1. The third kappa shape index (κ3) is 4.66. The molecule has 6 rings (SSSR count). The average molecular weight is 543 g/mol. The lowest BCUT2D eigenvalue weighted by atomic mass is 9.92. The van der Waals surface area contributed by atoms with Crippen molar-refractivity contribution < 1.29 is 22.7 Å². The fourth-order valence-electron chi connectivity index (χ4n) is 6.32. The van der Waals surface area contributed by atoms with Gasteiger partial charge in [0.05, 0.1) is 24.0 Å². The first kappa shape index (κ1) is 25.8. The van der Waals surface area contributed by atoms with E-state index in [1.807, 2.05) is 4.90 Å². The number of hydrogen-bond donors (Lipinski definition) is 1. The highest BCUT2D eigenvalue weighted by atomic mass is 19.4. The van der Waals surface area contributed by atoms with Gasteiger partial charge >= 0.3 is 12.2 Å². The molecule has 39 heavy (non-hydrogen) atoms. The van der Waals surface area contributed by atoms with Crippen LogP contribution in [-0.2, 0) is 37.3 Å². The molecule has 0 radical (unpaired) electrons. The quantitative estimate of drug-likeness (QED) is 0.504. The van der Waals surface area contributed by atoms with Gasteiger partial charge in [0.25, 0.3) is 0 Å². The van der Waals surface area contributed by atoms with Crippen LogP contribution in [0.5, 0.6) is 0 Å². The van der Waals surface area contributed by atoms with Crippen LogP contribution in [0, 0.1) is 0 Å². The lowest BCUT2D eigenvalue weighted by Crippen LogP contribution is -2.42. The third-order valence-corrected chi connectivity index (χ3v) is 8.23. The van der Waals surface area contributed by atoms with Gasteiger partial charge in [0, 0.05) is 87.8 Å². The van der Waals surface area contributed by atoms with E-state index >= 15 is 0 Å². The Balaban J connectivity index is 1.48. The number of carbonyl (C=O) groups is 1. The van der Waals surface area contributed by atoms with Crippen LogP contribution in [0.15, 0.2) is 30.7 Å². The zero-order valence-corrected chi connectivity index (χ0v) is 22.2. The molecule has 0 bridgehead atoms. The third-order valence-electron chi connectivity index (χ3n) is 8.23. The smallest absolute Gasteiger partial charge is 0.381 e. The topological polar surface area (TPSA) is 67.6 Å². The Morgan fingerprint density at radius 1 is 1.10 bits per heavy atom. The molecule has 2 aromatic heterocycles. The largest absolute Gasteiger partial charge is 0.417 e. The number of amides is 2. The van der Waals surface area contributed by atoms with Crippen LogP contribution in [0.1, 0.15) is 47.7 Å². The van der Waals surface area contributed by atoms with Crippen molar-refractivity contribution in [1.29, 1.82) is 0 Å². The van der Waals surface area contributed by atoms with Crippen molar-refractivity contribution in [3.63, 3.8) is 0 Å². The molecular weight excluding hydrogens is 509 g/mol. The predicted octanol–water partition coefficient (Wildman–Crippen LogP) is 5.04. The first-order valence-electron chi connectivity index (χ1n) is 13.5. The van der Waals surface area contributed by atoms with Crippen LogP contribution in [0.2, 0.25) is 0 Å². The number of halogens is 3. The molecule has 0 atom stereocenters. The van der Waals surface area contributed by atoms with Gasteiger partial charge in [-0.25, -0.2) is 4.79 Å². The number of anilines is 2. The summed E-state index contributed by atoms with van der Waals surface area (Å²) in [5.74, 6) is 0. The molecule has 11 heteroatoms. The fraction of sp³-hybridized carbons (Fsp3) is 0.500. The number of aromatic nitrogens is 3. The maximum atomic E-state index is 14.4. The maximum Gasteiger partial charge on any atom is 0.417 e. The summed E-state index contributed by atoms with van der Waals surface area (Å²) in [5.41, 5.74) is 4.52. The van der Waals surface area contributed by atoms with E-state index < -0.39 is 11.7 Å². The van der Waals surface area contributed by atoms with E-state index in [1.54, 1.807) is 31.3 Å². The average Bonchev–Trinajstić information content (AvgIpc) is 3.55. The molecule has 2 amide bonds. The van der Waals surface area contributed by atoms with Crippen molar-refractivity contribution >= 4 is 17.4 Å². The number of ether oxygens (including phenoxy) is 1. The van der Waals surface area contributed by atoms with Crippen LogP contribution in [-0.4, -0.2) is 58.6 Å². The molecule has 1 aromatic carbocycles. The molecule has 3 aliphatic heterocycles. The molecule has 8 nitrogen and oxygen atoms in total. The van der Waals surface area contributed by atoms with E-state index in [0.717, 1.165) is 36.1 Å². The normalized spacial score (nSPS) is 18.2. The number of aryl methyl sites for hydroxylation is 2. The van der Waals surface area contributed by atoms with Gasteiger partial charge in [-0.1, -0.05) is 0 Å². The van der Waals surface area contributed by atoms with E-state index in [0.29, 0.717) is 56.9 Å². The van der Waals surface area contributed by atoms with Gasteiger partial charge in [-0.2, -0.15) is 18.3 Å². The van der Waals surface area contributed by atoms with Crippen LogP contribution >= 0.6 is 0 Å². The monoisotopic (exact) mass is 542 g/mol. The highest BCUT2D eigenvalue weighted by Crippen LogP contribution is 2.46. The number of fused-ring (bicyclic) bond motifs is 2. The van der Waals surface area contributed by atoms with Crippen molar-refractivity contribution in [2.24, 2.45) is 7.05 Å². The highest BCUT2D eigenvalue weighted by molar-refractivity contribution is 5.79. The number of rotatable bonds is 3. The molecule has 0 aliphatic carbocycles. The number of carbonyl (C=O) groups excluding carboxylic acids is 1. The number of hydrogen-bond acceptors (Lipinski definition) is 4. The Morgan fingerprint density at radius 3 is 2.59 bits per heavy atom. The van der Waals surface area contributed by atoms with Crippen LogP contribution in [0.25, 0.3) is 11.1 Å². The minimum absolute atomic E-state index is 0.148. The molecular formula is C28H33F3N6O2. The van der Waals surface area contributed by atoms with Crippen LogP contribution in [0.4, 0.5) is 29.3 Å². The van der Waals surface area contributed by atoms with Crippen LogP contribution in [0.3, 0.4) is 0 Å². The van der Waals surface area contributed by atoms with Gasteiger partial charge in [-0.3, -0.25) is 4.68 Å². The summed E-state index contributed by atoms with van der Waals surface area (Å²) >= 11 is 0. The second-order valence-corrected chi connectivity index (χ2v) is 10.6. The summed E-state index contributed by atoms with van der Waals surface area (Å²) in [6, 6.07) is 3.13. The molecule has 3 aliphatic rings. The number of benzene rings is 1. The maximum absolute atomic E-state index is 14.4. The van der Waals surface area contributed by atoms with Gasteiger partial charge in [-0.05, 0) is 48.9 Å². The van der Waals surface area contributed by atoms with E-state index in [2.05, 4.69) is 21.2 Å². The van der Waals surface area contributed by atoms with E-state index in [1.165, 1.54) is 22.6 Å². The van der Waals surface area contributed by atoms with Crippen molar-refractivity contribution in [2.75, 3.05) is 38.3 Å². The van der Waals surface area contributed by atoms with Crippen LogP contribution < -0.4 is 10.2 Å². The second-order valence-electron chi connectivity index (χ2n) is 10.6. The Hall–Kier alpha value is -3.47. The summed E-state index contributed by atoms with van der Waals surface area (Å²) < 4.78 is 52.7. The first-order chi connectivity index (χ1) is 18.7. The summed E-state index contributed by atoms with van der Waals surface area (Å²) in [4.78, 5) is 16.4. The van der Waals surface area contributed by atoms with Crippen molar-refractivity contribution in [3.8, 4) is 11.1 Å². The van der Waals surface area contributed by atoms with Gasteiger partial charge in [0.1, 0.15) is 0 Å². The molecule has 0 spiro atoms. The SMILES string of the molecule is CNC(=O)N1CCc2c(c(N3CCCc4cc(-c5cnn(C)c5)c(C(F)(F)F)cc43)cn2C2CCOCC2)C1. The minimum atomic E-state index is -4.52. The van der Waals surface area contributed by atoms with Gasteiger partial charge in [0.2, 0.25) is 0 Å². The van der Waals surface area contributed by atoms with E-state index in [4.69, 9.17) is 4.74 Å². The summed E-state index contributed by atoms with van der Waals surface area (Å²) in [5, 5.41) is 6.82. The van der Waals surface area contributed by atoms with Crippen molar-refractivity contribution in [3.05, 3.63) is 53.1 Å². The molecule has 1 fully saturated rings.